The van der Waals surface area contributed by atoms with Gasteiger partial charge in [-0.25, -0.2) is 0 Å². The number of hydrogen-bond acceptors (Lipinski definition) is 4. The molecule has 0 unspecified atom stereocenters. The molecule has 0 aliphatic rings. The number of para-hydroxylation sites is 1. The summed E-state index contributed by atoms with van der Waals surface area (Å²) in [5.74, 6) is 0.507. The van der Waals surface area contributed by atoms with Gasteiger partial charge in [0.1, 0.15) is 11.7 Å². The molecular weight excluding hydrogens is 408 g/mol. The maximum Gasteiger partial charge on any atom is 0.268 e. The van der Waals surface area contributed by atoms with Crippen molar-refractivity contribution >= 4 is 33.6 Å². The van der Waals surface area contributed by atoms with Crippen LogP contribution in [0.1, 0.15) is 23.0 Å². The summed E-state index contributed by atoms with van der Waals surface area (Å²) >= 11 is 0. The van der Waals surface area contributed by atoms with Gasteiger partial charge in [-0.15, -0.1) is 0 Å². The van der Waals surface area contributed by atoms with Gasteiger partial charge in [0.05, 0.1) is 19.7 Å². The number of methoxy groups -OCH3 is 2. The Hall–Kier alpha value is -3.94. The van der Waals surface area contributed by atoms with Gasteiger partial charge in [0.25, 0.3) is 5.91 Å². The van der Waals surface area contributed by atoms with Crippen LogP contribution in [0.4, 0.5) is 0 Å². The molecule has 0 saturated carbocycles. The van der Waals surface area contributed by atoms with Crippen molar-refractivity contribution in [1.29, 1.82) is 0 Å². The second kappa shape index (κ2) is 9.05. The Kier molecular flexibility index (Phi) is 6.02. The highest BCUT2D eigenvalue weighted by molar-refractivity contribution is 6.02. The third-order valence-electron chi connectivity index (χ3n) is 5.50. The van der Waals surface area contributed by atoms with Crippen molar-refractivity contribution in [3.63, 3.8) is 0 Å². The molecule has 0 spiro atoms. The third-order valence-corrected chi connectivity index (χ3v) is 5.50. The summed E-state index contributed by atoms with van der Waals surface area (Å²) in [4.78, 5) is 31.5. The molecule has 0 aliphatic carbocycles. The molecule has 32 heavy (non-hydrogen) atoms. The van der Waals surface area contributed by atoms with Gasteiger partial charge in [-0.3, -0.25) is 9.59 Å². The molecule has 8 nitrogen and oxygen atoms in total. The van der Waals surface area contributed by atoms with E-state index >= 15 is 0 Å². The Morgan fingerprint density at radius 1 is 1.03 bits per heavy atom. The lowest BCUT2D eigenvalue weighted by Gasteiger charge is -2.13. The summed E-state index contributed by atoms with van der Waals surface area (Å²) in [7, 11) is 3.11. The molecule has 4 N–H and O–H groups in total. The van der Waals surface area contributed by atoms with Gasteiger partial charge in [-0.2, -0.15) is 0 Å². The Morgan fingerprint density at radius 2 is 1.84 bits per heavy atom. The number of benzene rings is 2. The predicted octanol–water partition coefficient (Wildman–Crippen LogP) is 3.14. The predicted molar refractivity (Wildman–Crippen MR) is 123 cm³/mol. The quantitative estimate of drug-likeness (QED) is 0.342. The Morgan fingerprint density at radius 3 is 2.62 bits per heavy atom. The molecule has 2 amide bonds. The topological polar surface area (TPSA) is 108 Å². The molecule has 0 radical (unpaired) electrons. The SMILES string of the molecule is COc1ccc2[nH]c(C(=O)N[C@H](C)C(=O)NCCc3c[nH]c4ccccc34)cc2c1OC. The van der Waals surface area contributed by atoms with E-state index in [1.165, 1.54) is 0 Å². The number of amides is 2. The second-order valence-electron chi connectivity index (χ2n) is 7.54. The van der Waals surface area contributed by atoms with Gasteiger partial charge < -0.3 is 30.1 Å². The molecule has 1 atom stereocenters. The van der Waals surface area contributed by atoms with Gasteiger partial charge in [0.15, 0.2) is 11.5 Å². The van der Waals surface area contributed by atoms with Crippen LogP contribution in [-0.4, -0.2) is 48.6 Å². The number of fused-ring (bicyclic) bond motifs is 2. The van der Waals surface area contributed by atoms with Crippen LogP contribution in [0.3, 0.4) is 0 Å². The van der Waals surface area contributed by atoms with E-state index in [9.17, 15) is 9.59 Å². The standard InChI is InChI=1S/C24H26N4O4/c1-14(23(29)25-11-10-15-13-26-18-7-5-4-6-16(15)18)27-24(30)20-12-17-19(28-20)8-9-21(31-2)22(17)32-3/h4-9,12-14,26,28H,10-11H2,1-3H3,(H,25,29)(H,27,30)/t14-/m1/s1. The third kappa shape index (κ3) is 4.12. The number of hydrogen-bond donors (Lipinski definition) is 4. The van der Waals surface area contributed by atoms with Crippen molar-refractivity contribution in [1.82, 2.24) is 20.6 Å². The first-order valence-corrected chi connectivity index (χ1v) is 10.4. The van der Waals surface area contributed by atoms with E-state index in [2.05, 4.69) is 26.7 Å². The first-order chi connectivity index (χ1) is 15.5. The van der Waals surface area contributed by atoms with Crippen molar-refractivity contribution in [2.24, 2.45) is 0 Å². The zero-order chi connectivity index (χ0) is 22.7. The Bertz CT molecular complexity index is 1270. The van der Waals surface area contributed by atoms with E-state index in [1.807, 2.05) is 30.5 Å². The van der Waals surface area contributed by atoms with Crippen LogP contribution in [0.5, 0.6) is 11.5 Å². The van der Waals surface area contributed by atoms with Crippen LogP contribution < -0.4 is 20.1 Å². The summed E-state index contributed by atoms with van der Waals surface area (Å²) in [6, 6.07) is 12.6. The van der Waals surface area contributed by atoms with E-state index in [1.54, 1.807) is 33.3 Å². The number of carbonyl (C=O) groups is 2. The Labute approximate surface area is 185 Å². The largest absolute Gasteiger partial charge is 0.493 e. The zero-order valence-corrected chi connectivity index (χ0v) is 18.2. The summed E-state index contributed by atoms with van der Waals surface area (Å²) in [6.45, 7) is 2.13. The molecule has 0 aliphatic heterocycles. The number of ether oxygens (including phenoxy) is 2. The molecule has 0 saturated heterocycles. The minimum Gasteiger partial charge on any atom is -0.493 e. The van der Waals surface area contributed by atoms with E-state index < -0.39 is 6.04 Å². The molecule has 8 heteroatoms. The highest BCUT2D eigenvalue weighted by Gasteiger charge is 2.19. The maximum atomic E-state index is 12.7. The van der Waals surface area contributed by atoms with Gasteiger partial charge in [0, 0.05) is 29.0 Å². The fourth-order valence-corrected chi connectivity index (χ4v) is 3.80. The van der Waals surface area contributed by atoms with Crippen molar-refractivity contribution in [3.05, 3.63) is 59.9 Å². The summed E-state index contributed by atoms with van der Waals surface area (Å²) in [5.41, 5.74) is 3.29. The summed E-state index contributed by atoms with van der Waals surface area (Å²) in [5, 5.41) is 7.50. The van der Waals surface area contributed by atoms with Crippen molar-refractivity contribution < 1.29 is 19.1 Å². The molecule has 166 valence electrons. The normalized spacial score (nSPS) is 12.0. The van der Waals surface area contributed by atoms with E-state index in [-0.39, 0.29) is 11.8 Å². The smallest absolute Gasteiger partial charge is 0.268 e. The second-order valence-corrected chi connectivity index (χ2v) is 7.54. The number of aromatic nitrogens is 2. The van der Waals surface area contributed by atoms with E-state index in [0.717, 1.165) is 27.4 Å². The first kappa shape index (κ1) is 21.3. The van der Waals surface area contributed by atoms with Gasteiger partial charge in [-0.05, 0) is 43.2 Å². The average Bonchev–Trinajstić information content (AvgIpc) is 3.42. The number of rotatable bonds is 8. The molecule has 0 bridgehead atoms. The summed E-state index contributed by atoms with van der Waals surface area (Å²) in [6.07, 6.45) is 2.65. The Balaban J connectivity index is 1.36. The van der Waals surface area contributed by atoms with E-state index in [4.69, 9.17) is 9.47 Å². The molecule has 0 fully saturated rings. The molecule has 4 rings (SSSR count). The summed E-state index contributed by atoms with van der Waals surface area (Å²) < 4.78 is 10.7. The van der Waals surface area contributed by atoms with Crippen LogP contribution in [0.25, 0.3) is 21.8 Å². The van der Waals surface area contributed by atoms with Crippen molar-refractivity contribution in [2.45, 2.75) is 19.4 Å². The highest BCUT2D eigenvalue weighted by atomic mass is 16.5. The minimum atomic E-state index is -0.687. The lowest BCUT2D eigenvalue weighted by molar-refractivity contribution is -0.122. The maximum absolute atomic E-state index is 12.7. The van der Waals surface area contributed by atoms with Gasteiger partial charge in [-0.1, -0.05) is 18.2 Å². The zero-order valence-electron chi connectivity index (χ0n) is 18.2. The highest BCUT2D eigenvalue weighted by Crippen LogP contribution is 2.35. The van der Waals surface area contributed by atoms with Crippen molar-refractivity contribution in [3.8, 4) is 11.5 Å². The molecule has 2 aromatic heterocycles. The van der Waals surface area contributed by atoms with E-state index in [0.29, 0.717) is 30.2 Å². The van der Waals surface area contributed by atoms with Crippen molar-refractivity contribution in [2.75, 3.05) is 20.8 Å². The number of nitrogens with one attached hydrogen (secondary N) is 4. The molecular formula is C24H26N4O4. The van der Waals surface area contributed by atoms with Gasteiger partial charge in [0.2, 0.25) is 5.91 Å². The van der Waals surface area contributed by atoms with Gasteiger partial charge >= 0.3 is 0 Å². The van der Waals surface area contributed by atoms with Crippen LogP contribution in [-0.2, 0) is 11.2 Å². The molecule has 4 aromatic rings. The number of H-pyrrole nitrogens is 2. The fourth-order valence-electron chi connectivity index (χ4n) is 3.80. The lowest BCUT2D eigenvalue weighted by atomic mass is 10.1. The van der Waals surface area contributed by atoms with Crippen LogP contribution in [0, 0.1) is 0 Å². The number of aromatic amines is 2. The van der Waals surface area contributed by atoms with Crippen LogP contribution in [0.2, 0.25) is 0 Å². The first-order valence-electron chi connectivity index (χ1n) is 10.4. The average molecular weight is 434 g/mol. The number of carbonyl (C=O) groups excluding carboxylic acids is 2. The molecule has 2 heterocycles. The minimum absolute atomic E-state index is 0.242. The fraction of sp³-hybridized carbons (Fsp3) is 0.250. The van der Waals surface area contributed by atoms with Crippen LogP contribution in [0.15, 0.2) is 48.7 Å². The molecule has 2 aromatic carbocycles. The lowest BCUT2D eigenvalue weighted by Crippen LogP contribution is -2.45. The van der Waals surface area contributed by atoms with Crippen LogP contribution >= 0.6 is 0 Å². The monoisotopic (exact) mass is 434 g/mol.